The van der Waals surface area contributed by atoms with Crippen LogP contribution in [0.5, 0.6) is 0 Å². The largest absolute Gasteiger partial charge is 0.478 e. The number of amides is 1. The average Bonchev–Trinajstić information content (AvgIpc) is 2.25. The normalized spacial score (nSPS) is 10.9. The zero-order valence-electron chi connectivity index (χ0n) is 10.5. The van der Waals surface area contributed by atoms with Crippen LogP contribution >= 0.6 is 0 Å². The van der Waals surface area contributed by atoms with Crippen molar-refractivity contribution in [3.63, 3.8) is 0 Å². The summed E-state index contributed by atoms with van der Waals surface area (Å²) in [5.41, 5.74) is -0.683. The van der Waals surface area contributed by atoms with Gasteiger partial charge in [-0.05, 0) is 32.9 Å². The van der Waals surface area contributed by atoms with Crippen molar-refractivity contribution >= 4 is 17.7 Å². The maximum Gasteiger partial charge on any atom is 0.429 e. The van der Waals surface area contributed by atoms with Crippen LogP contribution in [0, 0.1) is 0 Å². The molecule has 0 aromatic heterocycles. The molecule has 98 valence electrons. The predicted molar refractivity (Wildman–Crippen MR) is 66.3 cm³/mol. The first-order valence-electron chi connectivity index (χ1n) is 5.32. The number of aromatic carboxylic acids is 1. The van der Waals surface area contributed by atoms with Gasteiger partial charge in [0.2, 0.25) is 0 Å². The fourth-order valence-corrected chi connectivity index (χ4v) is 1.27. The molecule has 0 aliphatic heterocycles. The average molecular weight is 252 g/mol. The van der Waals surface area contributed by atoms with Crippen molar-refractivity contribution in [2.24, 2.45) is 5.84 Å². The molecule has 0 fully saturated rings. The number of carboxylic acid groups (broad SMARTS) is 1. The van der Waals surface area contributed by atoms with Crippen molar-refractivity contribution in [1.82, 2.24) is 0 Å². The molecule has 0 atom stereocenters. The second kappa shape index (κ2) is 5.05. The van der Waals surface area contributed by atoms with Crippen LogP contribution < -0.4 is 10.9 Å². The van der Waals surface area contributed by atoms with Crippen LogP contribution in [0.3, 0.4) is 0 Å². The number of rotatable bonds is 2. The highest BCUT2D eigenvalue weighted by Crippen LogP contribution is 2.20. The molecule has 6 heteroatoms. The van der Waals surface area contributed by atoms with Gasteiger partial charge in [-0.3, -0.25) is 0 Å². The fourth-order valence-electron chi connectivity index (χ4n) is 1.27. The van der Waals surface area contributed by atoms with Crippen LogP contribution in [0.25, 0.3) is 0 Å². The summed E-state index contributed by atoms with van der Waals surface area (Å²) in [6, 6.07) is 5.94. The van der Waals surface area contributed by atoms with Gasteiger partial charge in [-0.15, -0.1) is 0 Å². The summed E-state index contributed by atoms with van der Waals surface area (Å²) in [7, 11) is 0. The Bertz CT molecular complexity index is 465. The fraction of sp³-hybridized carbons (Fsp3) is 0.333. The number of hydrogen-bond donors (Lipinski definition) is 2. The number of nitrogens with zero attached hydrogens (tertiary/aromatic N) is 1. The van der Waals surface area contributed by atoms with Crippen molar-refractivity contribution in [1.29, 1.82) is 0 Å². The molecule has 0 unspecified atom stereocenters. The first-order chi connectivity index (χ1) is 8.22. The quantitative estimate of drug-likeness (QED) is 0.477. The smallest absolute Gasteiger partial charge is 0.429 e. The summed E-state index contributed by atoms with van der Waals surface area (Å²) in [5.74, 6) is 4.42. The first-order valence-corrected chi connectivity index (χ1v) is 5.32. The Labute approximate surface area is 105 Å². The van der Waals surface area contributed by atoms with E-state index in [0.717, 1.165) is 0 Å². The zero-order chi connectivity index (χ0) is 13.9. The van der Waals surface area contributed by atoms with Crippen LogP contribution in [0.15, 0.2) is 24.3 Å². The van der Waals surface area contributed by atoms with Gasteiger partial charge < -0.3 is 9.84 Å². The van der Waals surface area contributed by atoms with E-state index in [9.17, 15) is 9.59 Å². The summed E-state index contributed by atoms with van der Waals surface area (Å²) in [6.07, 6.45) is -0.809. The lowest BCUT2D eigenvalue weighted by Crippen LogP contribution is -2.42. The minimum Gasteiger partial charge on any atom is -0.478 e. The third-order valence-corrected chi connectivity index (χ3v) is 1.98. The van der Waals surface area contributed by atoms with Gasteiger partial charge in [-0.25, -0.2) is 20.4 Å². The van der Waals surface area contributed by atoms with E-state index in [1.807, 2.05) is 0 Å². The Morgan fingerprint density at radius 2 is 1.83 bits per heavy atom. The van der Waals surface area contributed by atoms with Crippen molar-refractivity contribution < 1.29 is 19.4 Å². The summed E-state index contributed by atoms with van der Waals surface area (Å²) in [6.45, 7) is 5.09. The minimum atomic E-state index is -1.16. The molecule has 1 rings (SSSR count). The van der Waals surface area contributed by atoms with Gasteiger partial charge in [0.25, 0.3) is 0 Å². The standard InChI is InChI=1S/C12H16N2O4/c1-12(2,3)18-11(17)14(13)9-7-5-4-6-8(9)10(15)16/h4-7H,13H2,1-3H3,(H,15,16). The second-order valence-electron chi connectivity index (χ2n) is 4.67. The van der Waals surface area contributed by atoms with Crippen LogP contribution in [0.2, 0.25) is 0 Å². The molecular weight excluding hydrogens is 236 g/mol. The van der Waals surface area contributed by atoms with Crippen LogP contribution in [0.4, 0.5) is 10.5 Å². The van der Waals surface area contributed by atoms with Crippen molar-refractivity contribution in [3.05, 3.63) is 29.8 Å². The van der Waals surface area contributed by atoms with E-state index in [-0.39, 0.29) is 11.3 Å². The molecule has 0 saturated heterocycles. The van der Waals surface area contributed by atoms with Gasteiger partial charge in [0.15, 0.2) is 0 Å². The lowest BCUT2D eigenvalue weighted by molar-refractivity contribution is 0.0580. The molecule has 0 saturated carbocycles. The van der Waals surface area contributed by atoms with Gasteiger partial charge in [0, 0.05) is 0 Å². The molecule has 1 amide bonds. The number of nitrogens with two attached hydrogens (primary N) is 1. The number of para-hydroxylation sites is 1. The number of benzene rings is 1. The van der Waals surface area contributed by atoms with Gasteiger partial charge in [0.05, 0.1) is 11.3 Å². The van der Waals surface area contributed by atoms with Crippen molar-refractivity contribution in [2.45, 2.75) is 26.4 Å². The van der Waals surface area contributed by atoms with E-state index in [0.29, 0.717) is 5.01 Å². The Balaban J connectivity index is 3.00. The molecule has 0 bridgehead atoms. The zero-order valence-corrected chi connectivity index (χ0v) is 10.5. The van der Waals surface area contributed by atoms with Crippen molar-refractivity contribution in [2.75, 3.05) is 5.01 Å². The predicted octanol–water partition coefficient (Wildman–Crippen LogP) is 2.00. The highest BCUT2D eigenvalue weighted by atomic mass is 16.6. The van der Waals surface area contributed by atoms with E-state index in [1.165, 1.54) is 12.1 Å². The van der Waals surface area contributed by atoms with Gasteiger partial charge in [-0.1, -0.05) is 12.1 Å². The SMILES string of the molecule is CC(C)(C)OC(=O)N(N)c1ccccc1C(=O)O. The second-order valence-corrected chi connectivity index (χ2v) is 4.67. The Morgan fingerprint density at radius 1 is 1.28 bits per heavy atom. The number of carboxylic acids is 1. The molecule has 3 N–H and O–H groups in total. The van der Waals surface area contributed by atoms with Gasteiger partial charge in [0.1, 0.15) is 5.60 Å². The molecule has 18 heavy (non-hydrogen) atoms. The van der Waals surface area contributed by atoms with Crippen LogP contribution in [0.1, 0.15) is 31.1 Å². The molecule has 6 nitrogen and oxygen atoms in total. The van der Waals surface area contributed by atoms with Gasteiger partial charge >= 0.3 is 12.1 Å². The summed E-state index contributed by atoms with van der Waals surface area (Å²) in [5, 5.41) is 9.68. The third kappa shape index (κ3) is 3.46. The number of anilines is 1. The molecule has 1 aromatic rings. The molecule has 0 aliphatic rings. The van der Waals surface area contributed by atoms with E-state index in [1.54, 1.807) is 32.9 Å². The monoisotopic (exact) mass is 252 g/mol. The molecule has 0 radical (unpaired) electrons. The minimum absolute atomic E-state index is 0.0640. The van der Waals surface area contributed by atoms with E-state index >= 15 is 0 Å². The van der Waals surface area contributed by atoms with Crippen LogP contribution in [-0.4, -0.2) is 22.8 Å². The number of hydrazine groups is 1. The van der Waals surface area contributed by atoms with E-state index in [2.05, 4.69) is 0 Å². The molecule has 0 spiro atoms. The molecule has 0 aliphatic carbocycles. The highest BCUT2D eigenvalue weighted by Gasteiger charge is 2.24. The first kappa shape index (κ1) is 14.0. The lowest BCUT2D eigenvalue weighted by Gasteiger charge is -2.24. The Hall–Kier alpha value is -2.08. The highest BCUT2D eigenvalue weighted by molar-refractivity contribution is 5.99. The number of ether oxygens (including phenoxy) is 1. The number of carbonyl (C=O) groups is 2. The van der Waals surface area contributed by atoms with E-state index < -0.39 is 17.7 Å². The summed E-state index contributed by atoms with van der Waals surface area (Å²) in [4.78, 5) is 22.7. The lowest BCUT2D eigenvalue weighted by atomic mass is 10.2. The number of carbonyl (C=O) groups excluding carboxylic acids is 1. The maximum absolute atomic E-state index is 11.7. The Kier molecular flexibility index (Phi) is 3.93. The summed E-state index contributed by atoms with van der Waals surface area (Å²) < 4.78 is 5.06. The summed E-state index contributed by atoms with van der Waals surface area (Å²) >= 11 is 0. The number of hydrogen-bond acceptors (Lipinski definition) is 4. The molecular formula is C12H16N2O4. The maximum atomic E-state index is 11.7. The topological polar surface area (TPSA) is 92.9 Å². The van der Waals surface area contributed by atoms with Crippen LogP contribution in [-0.2, 0) is 4.74 Å². The molecule has 1 aromatic carbocycles. The van der Waals surface area contributed by atoms with Crippen molar-refractivity contribution in [3.8, 4) is 0 Å². The van der Waals surface area contributed by atoms with Gasteiger partial charge in [-0.2, -0.15) is 0 Å². The Morgan fingerprint density at radius 3 is 2.33 bits per heavy atom. The van der Waals surface area contributed by atoms with E-state index in [4.69, 9.17) is 15.7 Å². The third-order valence-electron chi connectivity index (χ3n) is 1.98. The molecule has 0 heterocycles.